The van der Waals surface area contributed by atoms with Crippen LogP contribution < -0.4 is 19.5 Å². The molecule has 7 nitrogen and oxygen atoms in total. The van der Waals surface area contributed by atoms with Crippen LogP contribution in [-0.2, 0) is 9.53 Å². The Morgan fingerprint density at radius 1 is 1.04 bits per heavy atom. The first kappa shape index (κ1) is 20.9. The van der Waals surface area contributed by atoms with Gasteiger partial charge in [-0.25, -0.2) is 4.79 Å². The zero-order chi connectivity index (χ0) is 20.0. The van der Waals surface area contributed by atoms with Crippen LogP contribution >= 0.6 is 0 Å². The summed E-state index contributed by atoms with van der Waals surface area (Å²) in [5.74, 6) is 0.957. The van der Waals surface area contributed by atoms with Gasteiger partial charge in [0.15, 0.2) is 18.1 Å². The van der Waals surface area contributed by atoms with Gasteiger partial charge in [-0.15, -0.1) is 0 Å². The molecule has 0 aromatic heterocycles. The van der Waals surface area contributed by atoms with E-state index in [-0.39, 0.29) is 29.9 Å². The summed E-state index contributed by atoms with van der Waals surface area (Å²) in [5.41, 5.74) is 0.169. The summed E-state index contributed by atoms with van der Waals surface area (Å²) in [6.07, 6.45) is 3.23. The van der Waals surface area contributed by atoms with Gasteiger partial charge in [0.25, 0.3) is 5.91 Å². The molecule has 0 saturated heterocycles. The SMILES string of the molecule is COc1ccc(C(=O)OCC(=O)N[C@@H]2CCC[C@H](C)[C@H]2C)c(OC)c1OC. The minimum absolute atomic E-state index is 0.121. The number of rotatable bonds is 7. The Labute approximate surface area is 160 Å². The van der Waals surface area contributed by atoms with Gasteiger partial charge in [-0.2, -0.15) is 0 Å². The van der Waals surface area contributed by atoms with Gasteiger partial charge < -0.3 is 24.3 Å². The molecule has 3 atom stereocenters. The lowest BCUT2D eigenvalue weighted by molar-refractivity contribution is -0.125. The molecular formula is C20H29NO6. The fourth-order valence-corrected chi connectivity index (χ4v) is 3.51. The van der Waals surface area contributed by atoms with Gasteiger partial charge in [0.2, 0.25) is 5.75 Å². The molecule has 0 unspecified atom stereocenters. The molecule has 0 bridgehead atoms. The first-order valence-electron chi connectivity index (χ1n) is 9.18. The highest BCUT2D eigenvalue weighted by molar-refractivity contribution is 5.95. The highest BCUT2D eigenvalue weighted by Crippen LogP contribution is 2.40. The van der Waals surface area contributed by atoms with Gasteiger partial charge in [-0.3, -0.25) is 4.79 Å². The number of amides is 1. The summed E-state index contributed by atoms with van der Waals surface area (Å²) in [7, 11) is 4.37. The number of carbonyl (C=O) groups excluding carboxylic acids is 2. The summed E-state index contributed by atoms with van der Waals surface area (Å²) in [4.78, 5) is 24.6. The third-order valence-electron chi connectivity index (χ3n) is 5.31. The molecule has 1 aliphatic carbocycles. The second-order valence-corrected chi connectivity index (χ2v) is 6.90. The molecule has 1 saturated carbocycles. The molecule has 2 rings (SSSR count). The van der Waals surface area contributed by atoms with Crippen LogP contribution in [0.5, 0.6) is 17.2 Å². The van der Waals surface area contributed by atoms with Crippen LogP contribution in [0.3, 0.4) is 0 Å². The number of ether oxygens (including phenoxy) is 4. The van der Waals surface area contributed by atoms with E-state index in [1.807, 2.05) is 0 Å². The van der Waals surface area contributed by atoms with Crippen LogP contribution in [0.15, 0.2) is 12.1 Å². The van der Waals surface area contributed by atoms with Crippen LogP contribution in [0, 0.1) is 11.8 Å². The summed E-state index contributed by atoms with van der Waals surface area (Å²) >= 11 is 0. The molecule has 1 aliphatic rings. The maximum absolute atomic E-state index is 12.4. The van der Waals surface area contributed by atoms with E-state index in [0.29, 0.717) is 23.3 Å². The Morgan fingerprint density at radius 3 is 2.37 bits per heavy atom. The number of hydrogen-bond acceptors (Lipinski definition) is 6. The van der Waals surface area contributed by atoms with Crippen molar-refractivity contribution in [2.75, 3.05) is 27.9 Å². The van der Waals surface area contributed by atoms with Gasteiger partial charge in [-0.05, 0) is 30.4 Å². The molecule has 1 aromatic rings. The topological polar surface area (TPSA) is 83.1 Å². The summed E-state index contributed by atoms with van der Waals surface area (Å²) in [5, 5.41) is 2.98. The Morgan fingerprint density at radius 2 is 1.74 bits per heavy atom. The minimum atomic E-state index is -0.659. The first-order valence-corrected chi connectivity index (χ1v) is 9.18. The first-order chi connectivity index (χ1) is 12.9. The van der Waals surface area contributed by atoms with E-state index in [0.717, 1.165) is 12.8 Å². The van der Waals surface area contributed by atoms with E-state index in [1.54, 1.807) is 6.07 Å². The molecular weight excluding hydrogens is 350 g/mol. The van der Waals surface area contributed by atoms with Crippen molar-refractivity contribution in [2.24, 2.45) is 11.8 Å². The highest BCUT2D eigenvalue weighted by atomic mass is 16.5. The Kier molecular flexibility index (Phi) is 7.33. The van der Waals surface area contributed by atoms with Crippen molar-refractivity contribution >= 4 is 11.9 Å². The molecule has 0 heterocycles. The predicted molar refractivity (Wildman–Crippen MR) is 100 cm³/mol. The van der Waals surface area contributed by atoms with Crippen LogP contribution in [0.1, 0.15) is 43.5 Å². The Hall–Kier alpha value is -2.44. The van der Waals surface area contributed by atoms with Crippen molar-refractivity contribution in [1.82, 2.24) is 5.32 Å². The van der Waals surface area contributed by atoms with Gasteiger partial charge >= 0.3 is 5.97 Å². The third kappa shape index (κ3) is 4.84. The molecule has 1 amide bonds. The standard InChI is InChI=1S/C20H29NO6/c1-12-7-6-8-15(13(12)2)21-17(22)11-27-20(23)14-9-10-16(24-3)19(26-5)18(14)25-4/h9-10,12-13,15H,6-8,11H2,1-5H3,(H,21,22)/t12-,13+,15+/m0/s1. The zero-order valence-electron chi connectivity index (χ0n) is 16.7. The van der Waals surface area contributed by atoms with Gasteiger partial charge in [0, 0.05) is 6.04 Å². The number of benzene rings is 1. The Bertz CT molecular complexity index is 675. The average Bonchev–Trinajstić information content (AvgIpc) is 2.68. The molecule has 150 valence electrons. The molecule has 7 heteroatoms. The number of carbonyl (C=O) groups is 2. The van der Waals surface area contributed by atoms with Crippen molar-refractivity contribution in [3.05, 3.63) is 17.7 Å². The van der Waals surface area contributed by atoms with E-state index in [9.17, 15) is 9.59 Å². The largest absolute Gasteiger partial charge is 0.493 e. The quantitative estimate of drug-likeness (QED) is 0.734. The minimum Gasteiger partial charge on any atom is -0.493 e. The van der Waals surface area contributed by atoms with Gasteiger partial charge in [0.1, 0.15) is 5.56 Å². The fraction of sp³-hybridized carbons (Fsp3) is 0.600. The van der Waals surface area contributed by atoms with Gasteiger partial charge in [0.05, 0.1) is 21.3 Å². The van der Waals surface area contributed by atoms with Gasteiger partial charge in [-0.1, -0.05) is 26.7 Å². The molecule has 1 aromatic carbocycles. The van der Waals surface area contributed by atoms with Crippen molar-refractivity contribution in [2.45, 2.75) is 39.2 Å². The second-order valence-electron chi connectivity index (χ2n) is 6.90. The lowest BCUT2D eigenvalue weighted by Gasteiger charge is -2.34. The van der Waals surface area contributed by atoms with E-state index in [4.69, 9.17) is 18.9 Å². The predicted octanol–water partition coefficient (Wildman–Crippen LogP) is 2.81. The van der Waals surface area contributed by atoms with Crippen molar-refractivity contribution in [3.63, 3.8) is 0 Å². The van der Waals surface area contributed by atoms with Crippen LogP contribution in [0.4, 0.5) is 0 Å². The van der Waals surface area contributed by atoms with E-state index in [1.165, 1.54) is 33.8 Å². The van der Waals surface area contributed by atoms with Crippen molar-refractivity contribution in [3.8, 4) is 17.2 Å². The van der Waals surface area contributed by atoms with Crippen LogP contribution in [0.2, 0.25) is 0 Å². The van der Waals surface area contributed by atoms with Crippen molar-refractivity contribution < 1.29 is 28.5 Å². The number of esters is 1. The number of hydrogen-bond donors (Lipinski definition) is 1. The Balaban J connectivity index is 2.00. The molecule has 0 aliphatic heterocycles. The normalized spacial score (nSPS) is 21.9. The molecule has 0 spiro atoms. The van der Waals surface area contributed by atoms with E-state index < -0.39 is 5.97 Å². The summed E-state index contributed by atoms with van der Waals surface area (Å²) in [6, 6.07) is 3.23. The molecule has 1 N–H and O–H groups in total. The smallest absolute Gasteiger partial charge is 0.342 e. The summed E-state index contributed by atoms with van der Waals surface area (Å²) in [6.45, 7) is 4.01. The monoisotopic (exact) mass is 379 g/mol. The van der Waals surface area contributed by atoms with E-state index >= 15 is 0 Å². The zero-order valence-corrected chi connectivity index (χ0v) is 16.7. The van der Waals surface area contributed by atoms with Crippen molar-refractivity contribution in [1.29, 1.82) is 0 Å². The number of nitrogens with one attached hydrogen (secondary N) is 1. The molecule has 27 heavy (non-hydrogen) atoms. The fourth-order valence-electron chi connectivity index (χ4n) is 3.51. The average molecular weight is 379 g/mol. The lowest BCUT2D eigenvalue weighted by Crippen LogP contribution is -2.45. The second kappa shape index (κ2) is 9.48. The maximum Gasteiger partial charge on any atom is 0.342 e. The highest BCUT2D eigenvalue weighted by Gasteiger charge is 2.28. The molecule has 1 fully saturated rings. The van der Waals surface area contributed by atoms with Crippen LogP contribution in [-0.4, -0.2) is 45.9 Å². The van der Waals surface area contributed by atoms with E-state index in [2.05, 4.69) is 19.2 Å². The summed E-state index contributed by atoms with van der Waals surface area (Å²) < 4.78 is 20.9. The lowest BCUT2D eigenvalue weighted by atomic mass is 9.78. The molecule has 0 radical (unpaired) electrons. The van der Waals surface area contributed by atoms with Crippen LogP contribution in [0.25, 0.3) is 0 Å². The maximum atomic E-state index is 12.4. The third-order valence-corrected chi connectivity index (χ3v) is 5.31. The number of methoxy groups -OCH3 is 3.